The van der Waals surface area contributed by atoms with Crippen LogP contribution in [0.1, 0.15) is 122 Å². The van der Waals surface area contributed by atoms with Crippen molar-refractivity contribution in [2.45, 2.75) is 160 Å². The Morgan fingerprint density at radius 2 is 1.54 bits per heavy atom. The summed E-state index contributed by atoms with van der Waals surface area (Å²) in [7, 11) is -0.639. The van der Waals surface area contributed by atoms with Crippen LogP contribution in [-0.2, 0) is 44.5 Å². The zero-order chi connectivity index (χ0) is 49.0. The molecule has 67 heavy (non-hydrogen) atoms. The van der Waals surface area contributed by atoms with Gasteiger partial charge in [0.15, 0.2) is 11.6 Å². The van der Waals surface area contributed by atoms with Crippen LogP contribution in [-0.4, -0.2) is 113 Å². The quantitative estimate of drug-likeness (QED) is 0.0931. The van der Waals surface area contributed by atoms with Gasteiger partial charge >= 0.3 is 7.12 Å². The standard InChI is InChI=1S/C50H71BN6O10/c1-8-9-10-31-11-13-32(14-12-31)33-15-17-34(18-16-33)47(64)54-20-19-44(62)57-27-36(52)25-38(57)48(65)56-45(30(4)58)40(60)21-28(2)46(63)55-37(26-43(53)61)39(59)22-29(3)51-66-42-24-35-23-41(49(35,5)6)50(42,7)67-51/h11-18,28-30,35-38,41-42,45,58H,8-10,19-27,52H2,1-7H3,(H2,53,61)(H,54,64)(H,55,63)(H,56,65)/t28-,29-,30-,35+,36+,37+,38+,41+,42?,45+,50+/m1/s1. The molecule has 2 bridgehead atoms. The summed E-state index contributed by atoms with van der Waals surface area (Å²) in [5.41, 5.74) is 15.1. The second-order valence-corrected chi connectivity index (χ2v) is 20.5. The SMILES string of the molecule is CCCCc1ccc(-c2ccc(C(=O)NCCC(=O)N3C[C@@H](N)C[C@H]3C(=O)N[C@H](C(=O)C[C@@H](C)C(=O)N[C@@H](CC(N)=O)C(=O)C[C@@H](C)B3OC4C[C@@H]5C[C@@H](C5(C)C)[C@]4(C)O3)[C@@H](C)O)cc2)cc1. The van der Waals surface area contributed by atoms with Crippen molar-refractivity contribution in [3.63, 3.8) is 0 Å². The van der Waals surface area contributed by atoms with Crippen LogP contribution in [0.4, 0.5) is 0 Å². The number of primary amides is 1. The van der Waals surface area contributed by atoms with Crippen LogP contribution in [0.2, 0.25) is 5.82 Å². The molecule has 2 aromatic rings. The van der Waals surface area contributed by atoms with Crippen molar-refractivity contribution in [2.24, 2.45) is 34.6 Å². The van der Waals surface area contributed by atoms with Gasteiger partial charge in [0.2, 0.25) is 23.6 Å². The number of ketones is 2. The first-order valence-corrected chi connectivity index (χ1v) is 24.1. The number of nitrogens with two attached hydrogens (primary N) is 2. The third kappa shape index (κ3) is 11.8. The molecule has 5 aliphatic rings. The molecule has 11 atom stereocenters. The van der Waals surface area contributed by atoms with E-state index >= 15 is 0 Å². The van der Waals surface area contributed by atoms with Crippen LogP contribution in [0, 0.1) is 23.2 Å². The Balaban J connectivity index is 0.972. The molecule has 0 spiro atoms. The first kappa shape index (κ1) is 51.4. The molecule has 3 aliphatic carbocycles. The number of carbonyl (C=O) groups is 7. The molecular formula is C50H71BN6O10. The lowest BCUT2D eigenvalue weighted by molar-refractivity contribution is -0.199. The van der Waals surface area contributed by atoms with Crippen LogP contribution in [0.3, 0.4) is 0 Å². The molecule has 7 rings (SSSR count). The van der Waals surface area contributed by atoms with Gasteiger partial charge in [0.1, 0.15) is 12.1 Å². The van der Waals surface area contributed by atoms with E-state index in [0.29, 0.717) is 17.4 Å². The largest absolute Gasteiger partial charge is 0.461 e. The summed E-state index contributed by atoms with van der Waals surface area (Å²) in [5, 5.41) is 18.6. The monoisotopic (exact) mass is 927 g/mol. The minimum Gasteiger partial charge on any atom is -0.405 e. The maximum absolute atomic E-state index is 13.7. The average Bonchev–Trinajstić information content (AvgIpc) is 3.86. The number of hydrogen-bond acceptors (Lipinski definition) is 11. The van der Waals surface area contributed by atoms with Crippen LogP contribution < -0.4 is 27.4 Å². The molecule has 17 heteroatoms. The molecule has 5 fully saturated rings. The summed E-state index contributed by atoms with van der Waals surface area (Å²) in [6.07, 6.45) is 2.85. The fourth-order valence-electron chi connectivity index (χ4n) is 10.7. The molecule has 0 aromatic heterocycles. The molecule has 0 radical (unpaired) electrons. The first-order valence-electron chi connectivity index (χ1n) is 24.1. The number of aliphatic hydroxyl groups is 1. The third-order valence-electron chi connectivity index (χ3n) is 15.0. The molecule has 2 aromatic carbocycles. The summed E-state index contributed by atoms with van der Waals surface area (Å²) in [4.78, 5) is 94.1. The summed E-state index contributed by atoms with van der Waals surface area (Å²) in [6, 6.07) is 11.3. The molecule has 1 unspecified atom stereocenters. The lowest BCUT2D eigenvalue weighted by Crippen LogP contribution is -2.65. The molecule has 3 saturated carbocycles. The van der Waals surface area contributed by atoms with Gasteiger partial charge in [-0.2, -0.15) is 0 Å². The molecule has 16 nitrogen and oxygen atoms in total. The van der Waals surface area contributed by atoms with Crippen molar-refractivity contribution < 1.29 is 48.0 Å². The van der Waals surface area contributed by atoms with Crippen LogP contribution >= 0.6 is 0 Å². The number of carbonyl (C=O) groups excluding carboxylic acids is 7. The van der Waals surface area contributed by atoms with Crippen molar-refractivity contribution in [3.8, 4) is 11.1 Å². The number of rotatable bonds is 22. The highest BCUT2D eigenvalue weighted by atomic mass is 16.7. The van der Waals surface area contributed by atoms with Gasteiger partial charge < -0.3 is 46.7 Å². The smallest absolute Gasteiger partial charge is 0.405 e. The van der Waals surface area contributed by atoms with Gasteiger partial charge in [-0.15, -0.1) is 0 Å². The van der Waals surface area contributed by atoms with Gasteiger partial charge in [-0.1, -0.05) is 77.4 Å². The predicted molar refractivity (Wildman–Crippen MR) is 253 cm³/mol. The summed E-state index contributed by atoms with van der Waals surface area (Å²) < 4.78 is 12.9. The number of benzene rings is 2. The van der Waals surface area contributed by atoms with Gasteiger partial charge in [-0.05, 0) is 97.8 Å². The highest BCUT2D eigenvalue weighted by Crippen LogP contribution is 2.66. The number of aliphatic hydroxyl groups excluding tert-OH is 1. The van der Waals surface area contributed by atoms with E-state index in [2.05, 4.69) is 67.9 Å². The number of nitrogens with one attached hydrogen (secondary N) is 3. The molecule has 364 valence electrons. The molecule has 2 heterocycles. The van der Waals surface area contributed by atoms with Crippen molar-refractivity contribution in [1.29, 1.82) is 0 Å². The number of aryl methyl sites for hydroxylation is 1. The zero-order valence-corrected chi connectivity index (χ0v) is 40.2. The Morgan fingerprint density at radius 3 is 2.15 bits per heavy atom. The third-order valence-corrected chi connectivity index (χ3v) is 15.0. The van der Waals surface area contributed by atoms with Gasteiger partial charge in [0.05, 0.1) is 30.3 Å². The summed E-state index contributed by atoms with van der Waals surface area (Å²) >= 11 is 0. The molecular weight excluding hydrogens is 855 g/mol. The highest BCUT2D eigenvalue weighted by molar-refractivity contribution is 6.47. The summed E-state index contributed by atoms with van der Waals surface area (Å²) in [6.45, 7) is 13.4. The minimum atomic E-state index is -1.44. The molecule has 5 amide bonds. The second-order valence-electron chi connectivity index (χ2n) is 20.5. The van der Waals surface area contributed by atoms with Crippen molar-refractivity contribution in [3.05, 3.63) is 59.7 Å². The van der Waals surface area contributed by atoms with E-state index in [4.69, 9.17) is 20.8 Å². The van der Waals surface area contributed by atoms with Crippen molar-refractivity contribution >= 4 is 48.2 Å². The Hall–Kier alpha value is -4.97. The fraction of sp³-hybridized carbons (Fsp3) is 0.620. The second kappa shape index (κ2) is 21.5. The lowest BCUT2D eigenvalue weighted by atomic mass is 9.43. The normalized spacial score (nSPS) is 26.0. The van der Waals surface area contributed by atoms with Crippen molar-refractivity contribution in [2.75, 3.05) is 13.1 Å². The van der Waals surface area contributed by atoms with E-state index in [-0.39, 0.29) is 49.8 Å². The first-order chi connectivity index (χ1) is 31.6. The van der Waals surface area contributed by atoms with E-state index in [1.807, 2.05) is 19.1 Å². The van der Waals surface area contributed by atoms with Crippen LogP contribution in [0.25, 0.3) is 11.1 Å². The highest BCUT2D eigenvalue weighted by Gasteiger charge is 2.68. The fourth-order valence-corrected chi connectivity index (χ4v) is 10.7. The molecule has 2 saturated heterocycles. The van der Waals surface area contributed by atoms with Gasteiger partial charge in [0.25, 0.3) is 5.91 Å². The van der Waals surface area contributed by atoms with Crippen LogP contribution in [0.5, 0.6) is 0 Å². The predicted octanol–water partition coefficient (Wildman–Crippen LogP) is 3.64. The Labute approximate surface area is 394 Å². The Kier molecular flexibility index (Phi) is 16.5. The van der Waals surface area contributed by atoms with E-state index in [1.165, 1.54) is 24.3 Å². The van der Waals surface area contributed by atoms with E-state index in [9.17, 15) is 38.7 Å². The molecule has 8 N–H and O–H groups in total. The number of likely N-dealkylation sites (tertiary alicyclic amines) is 1. The number of amides is 5. The minimum absolute atomic E-state index is 0.000968. The van der Waals surface area contributed by atoms with Gasteiger partial charge in [0, 0.05) is 49.9 Å². The summed E-state index contributed by atoms with van der Waals surface area (Å²) in [5.74, 6) is -4.64. The van der Waals surface area contributed by atoms with E-state index in [0.717, 1.165) is 43.2 Å². The Morgan fingerprint density at radius 1 is 0.881 bits per heavy atom. The topological polar surface area (TPSA) is 250 Å². The Bertz CT molecular complexity index is 2150. The van der Waals surface area contributed by atoms with Crippen LogP contribution in [0.15, 0.2) is 48.5 Å². The van der Waals surface area contributed by atoms with Gasteiger partial charge in [-0.3, -0.25) is 33.6 Å². The number of unbranched alkanes of at least 4 members (excludes halogenated alkanes) is 1. The molecule has 2 aliphatic heterocycles. The van der Waals surface area contributed by atoms with E-state index < -0.39 is 103 Å². The van der Waals surface area contributed by atoms with Gasteiger partial charge in [-0.25, -0.2) is 0 Å². The maximum Gasteiger partial charge on any atom is 0.461 e. The zero-order valence-electron chi connectivity index (χ0n) is 40.2. The number of nitrogens with zero attached hydrogens (tertiary/aromatic N) is 1. The number of hydrogen-bond donors (Lipinski definition) is 6. The van der Waals surface area contributed by atoms with Crippen molar-refractivity contribution in [1.82, 2.24) is 20.9 Å². The van der Waals surface area contributed by atoms with E-state index in [1.54, 1.807) is 12.1 Å². The maximum atomic E-state index is 13.7. The number of Topliss-reactive ketones (excluding diaryl/α,β-unsaturated/α-hetero) is 2. The average molecular weight is 927 g/mol. The lowest BCUT2D eigenvalue weighted by Gasteiger charge is -2.64.